The lowest BCUT2D eigenvalue weighted by atomic mass is 9.88. The minimum absolute atomic E-state index is 0.434. The summed E-state index contributed by atoms with van der Waals surface area (Å²) in [4.78, 5) is 5.40. The number of nitrogens with two attached hydrogens (primary N) is 1. The van der Waals surface area contributed by atoms with Gasteiger partial charge >= 0.3 is 0 Å². The molecule has 0 aliphatic carbocycles. The van der Waals surface area contributed by atoms with Crippen LogP contribution in [0.5, 0.6) is 0 Å². The highest BCUT2D eigenvalue weighted by Gasteiger charge is 2.28. The van der Waals surface area contributed by atoms with Gasteiger partial charge in [-0.25, -0.2) is 0 Å². The molecule has 2 rings (SSSR count). The van der Waals surface area contributed by atoms with Crippen LogP contribution in [-0.4, -0.2) is 24.5 Å². The van der Waals surface area contributed by atoms with Gasteiger partial charge in [-0.05, 0) is 43.9 Å². The third kappa shape index (κ3) is 2.90. The Kier molecular flexibility index (Phi) is 4.23. The highest BCUT2D eigenvalue weighted by Crippen LogP contribution is 2.32. The Bertz CT molecular complexity index is 361. The van der Waals surface area contributed by atoms with E-state index < -0.39 is 0 Å². The first-order chi connectivity index (χ1) is 8.11. The van der Waals surface area contributed by atoms with E-state index in [9.17, 15) is 0 Å². The minimum atomic E-state index is 0.434. The maximum atomic E-state index is 5.99. The molecule has 3 heteroatoms. The third-order valence-corrected chi connectivity index (χ3v) is 5.22. The van der Waals surface area contributed by atoms with Crippen LogP contribution in [0.15, 0.2) is 12.1 Å². The average molecular weight is 252 g/mol. The fourth-order valence-corrected chi connectivity index (χ4v) is 3.68. The molecular formula is C14H24N2S. The molecule has 0 spiro atoms. The van der Waals surface area contributed by atoms with Crippen LogP contribution in [0.25, 0.3) is 0 Å². The van der Waals surface area contributed by atoms with E-state index in [2.05, 4.69) is 37.8 Å². The molecule has 0 radical (unpaired) electrons. The Balaban J connectivity index is 2.08. The van der Waals surface area contributed by atoms with Crippen molar-refractivity contribution >= 4 is 11.3 Å². The van der Waals surface area contributed by atoms with Gasteiger partial charge in [0.05, 0.1) is 6.04 Å². The van der Waals surface area contributed by atoms with Crippen molar-refractivity contribution in [3.63, 3.8) is 0 Å². The molecule has 2 N–H and O–H groups in total. The fraction of sp³-hybridized carbons (Fsp3) is 0.714. The molecule has 96 valence electrons. The quantitative estimate of drug-likeness (QED) is 0.896. The average Bonchev–Trinajstić information content (AvgIpc) is 2.71. The van der Waals surface area contributed by atoms with E-state index in [1.54, 1.807) is 0 Å². The number of thiophene rings is 1. The lowest BCUT2D eigenvalue weighted by molar-refractivity contribution is 0.0998. The number of nitrogens with zero attached hydrogens (tertiary/aromatic N) is 1. The van der Waals surface area contributed by atoms with Gasteiger partial charge in [0, 0.05) is 22.8 Å². The molecule has 3 unspecified atom stereocenters. The van der Waals surface area contributed by atoms with Crippen LogP contribution in [0, 0.1) is 18.8 Å². The summed E-state index contributed by atoms with van der Waals surface area (Å²) in [7, 11) is 0. The van der Waals surface area contributed by atoms with Gasteiger partial charge < -0.3 is 5.73 Å². The predicted molar refractivity (Wildman–Crippen MR) is 75.4 cm³/mol. The lowest BCUT2D eigenvalue weighted by Gasteiger charge is -2.39. The molecule has 2 heterocycles. The first kappa shape index (κ1) is 13.1. The molecule has 1 saturated heterocycles. The van der Waals surface area contributed by atoms with Gasteiger partial charge in [-0.1, -0.05) is 13.8 Å². The van der Waals surface area contributed by atoms with Gasteiger partial charge in [0.15, 0.2) is 0 Å². The molecule has 3 atom stereocenters. The summed E-state index contributed by atoms with van der Waals surface area (Å²) in [6.07, 6.45) is 1.31. The summed E-state index contributed by atoms with van der Waals surface area (Å²) < 4.78 is 0. The fourth-order valence-electron chi connectivity index (χ4n) is 2.66. The van der Waals surface area contributed by atoms with Gasteiger partial charge in [-0.3, -0.25) is 4.90 Å². The Morgan fingerprint density at radius 1 is 1.41 bits per heavy atom. The number of hydrogen-bond acceptors (Lipinski definition) is 3. The largest absolute Gasteiger partial charge is 0.329 e. The van der Waals surface area contributed by atoms with Crippen molar-refractivity contribution < 1.29 is 0 Å². The molecule has 0 bridgehead atoms. The number of aryl methyl sites for hydroxylation is 1. The molecule has 1 aromatic rings. The van der Waals surface area contributed by atoms with Crippen LogP contribution < -0.4 is 5.73 Å². The van der Waals surface area contributed by atoms with Crippen LogP contribution >= 0.6 is 11.3 Å². The molecule has 1 aliphatic heterocycles. The SMILES string of the molecule is Cc1ccc(C(CN)N2CCC(C)C(C)C2)s1. The van der Waals surface area contributed by atoms with Gasteiger partial charge in [-0.2, -0.15) is 0 Å². The van der Waals surface area contributed by atoms with Crippen LogP contribution in [0.4, 0.5) is 0 Å². The van der Waals surface area contributed by atoms with E-state index in [0.717, 1.165) is 18.4 Å². The van der Waals surface area contributed by atoms with E-state index in [0.29, 0.717) is 6.04 Å². The maximum Gasteiger partial charge on any atom is 0.0564 e. The molecule has 1 aliphatic rings. The molecule has 0 aromatic carbocycles. The Labute approximate surface area is 109 Å². The van der Waals surface area contributed by atoms with Crippen molar-refractivity contribution in [1.82, 2.24) is 4.90 Å². The van der Waals surface area contributed by atoms with Crippen molar-refractivity contribution in [3.8, 4) is 0 Å². The second-order valence-electron chi connectivity index (χ2n) is 5.44. The summed E-state index contributed by atoms with van der Waals surface area (Å²) in [6, 6.07) is 4.89. The Morgan fingerprint density at radius 3 is 2.71 bits per heavy atom. The first-order valence-corrected chi connectivity index (χ1v) is 7.44. The van der Waals surface area contributed by atoms with Gasteiger partial charge in [-0.15, -0.1) is 11.3 Å². The molecular weight excluding hydrogens is 228 g/mol. The molecule has 1 fully saturated rings. The molecule has 2 nitrogen and oxygen atoms in total. The second-order valence-corrected chi connectivity index (χ2v) is 6.76. The number of piperidine rings is 1. The van der Waals surface area contributed by atoms with E-state index in [1.807, 2.05) is 11.3 Å². The van der Waals surface area contributed by atoms with Crippen molar-refractivity contribution in [1.29, 1.82) is 0 Å². The topological polar surface area (TPSA) is 29.3 Å². The third-order valence-electron chi connectivity index (χ3n) is 4.12. The van der Waals surface area contributed by atoms with Gasteiger partial charge in [0.1, 0.15) is 0 Å². The smallest absolute Gasteiger partial charge is 0.0564 e. The summed E-state index contributed by atoms with van der Waals surface area (Å²) in [5, 5.41) is 0. The monoisotopic (exact) mass is 252 g/mol. The maximum absolute atomic E-state index is 5.99. The number of likely N-dealkylation sites (tertiary alicyclic amines) is 1. The normalized spacial score (nSPS) is 28.2. The summed E-state index contributed by atoms with van der Waals surface area (Å²) in [6.45, 7) is 10.0. The Morgan fingerprint density at radius 2 is 2.18 bits per heavy atom. The van der Waals surface area contributed by atoms with Crippen LogP contribution in [-0.2, 0) is 0 Å². The van der Waals surface area contributed by atoms with Crippen molar-refractivity contribution in [2.45, 2.75) is 33.2 Å². The number of hydrogen-bond donors (Lipinski definition) is 1. The summed E-state index contributed by atoms with van der Waals surface area (Å²) >= 11 is 1.89. The molecule has 0 amide bonds. The van der Waals surface area contributed by atoms with Crippen molar-refractivity contribution in [2.75, 3.05) is 19.6 Å². The van der Waals surface area contributed by atoms with Crippen LogP contribution in [0.1, 0.15) is 36.1 Å². The van der Waals surface area contributed by atoms with Crippen LogP contribution in [0.3, 0.4) is 0 Å². The molecule has 1 aromatic heterocycles. The summed E-state index contributed by atoms with van der Waals surface area (Å²) in [5.41, 5.74) is 5.99. The first-order valence-electron chi connectivity index (χ1n) is 6.62. The minimum Gasteiger partial charge on any atom is -0.329 e. The summed E-state index contributed by atoms with van der Waals surface area (Å²) in [5.74, 6) is 1.65. The number of rotatable bonds is 3. The van der Waals surface area contributed by atoms with Crippen LogP contribution in [0.2, 0.25) is 0 Å². The Hall–Kier alpha value is -0.380. The van der Waals surface area contributed by atoms with Gasteiger partial charge in [0.2, 0.25) is 0 Å². The van der Waals surface area contributed by atoms with E-state index >= 15 is 0 Å². The zero-order chi connectivity index (χ0) is 12.4. The predicted octanol–water partition coefficient (Wildman–Crippen LogP) is 3.03. The van der Waals surface area contributed by atoms with E-state index in [4.69, 9.17) is 5.73 Å². The van der Waals surface area contributed by atoms with Crippen molar-refractivity contribution in [2.24, 2.45) is 17.6 Å². The zero-order valence-corrected chi connectivity index (χ0v) is 12.0. The molecule has 0 saturated carbocycles. The molecule has 17 heavy (non-hydrogen) atoms. The zero-order valence-electron chi connectivity index (χ0n) is 11.1. The lowest BCUT2D eigenvalue weighted by Crippen LogP contribution is -2.42. The standard InChI is InChI=1S/C14H24N2S/c1-10-6-7-16(9-11(10)2)13(8-15)14-5-4-12(3)17-14/h4-5,10-11,13H,6-9,15H2,1-3H3. The highest BCUT2D eigenvalue weighted by atomic mass is 32.1. The van der Waals surface area contributed by atoms with E-state index in [1.165, 1.54) is 29.3 Å². The van der Waals surface area contributed by atoms with Crippen molar-refractivity contribution in [3.05, 3.63) is 21.9 Å². The highest BCUT2D eigenvalue weighted by molar-refractivity contribution is 7.12. The van der Waals surface area contributed by atoms with E-state index in [-0.39, 0.29) is 0 Å². The second kappa shape index (κ2) is 5.51. The van der Waals surface area contributed by atoms with Gasteiger partial charge in [0.25, 0.3) is 0 Å².